The number of hydrogen-bond donors (Lipinski definition) is 0. The number of piperazine rings is 1. The smallest absolute Gasteiger partial charge is 0.176 e. The fourth-order valence-corrected chi connectivity index (χ4v) is 5.19. The Morgan fingerprint density at radius 3 is 2.61 bits per heavy atom. The molecule has 2 aliphatic rings. The molecule has 0 aliphatic carbocycles. The monoisotopic (exact) mass is 336 g/mol. The number of aromatic nitrogens is 4. The maximum atomic E-state index is 11.6. The third-order valence-corrected chi connectivity index (χ3v) is 6.41. The van der Waals surface area contributed by atoms with Crippen molar-refractivity contribution in [2.75, 3.05) is 42.6 Å². The van der Waals surface area contributed by atoms with Crippen molar-refractivity contribution in [1.29, 1.82) is 0 Å². The lowest BCUT2D eigenvalue weighted by molar-refractivity contribution is 0.200. The summed E-state index contributed by atoms with van der Waals surface area (Å²) in [6.45, 7) is 5.29. The fourth-order valence-electron chi connectivity index (χ4n) is 3.43. The van der Waals surface area contributed by atoms with E-state index in [1.807, 2.05) is 19.1 Å². The van der Waals surface area contributed by atoms with E-state index in [2.05, 4.69) is 25.0 Å². The molecule has 0 amide bonds. The van der Waals surface area contributed by atoms with Gasteiger partial charge in [-0.3, -0.25) is 4.90 Å². The molecule has 0 radical (unpaired) electrons. The van der Waals surface area contributed by atoms with Crippen LogP contribution in [0.4, 0.5) is 5.82 Å². The van der Waals surface area contributed by atoms with Gasteiger partial charge in [-0.25, -0.2) is 13.4 Å². The quantitative estimate of drug-likeness (QED) is 0.747. The highest BCUT2D eigenvalue weighted by Crippen LogP contribution is 2.21. The van der Waals surface area contributed by atoms with Crippen LogP contribution in [0, 0.1) is 6.92 Å². The van der Waals surface area contributed by atoms with E-state index >= 15 is 0 Å². The molecule has 0 N–H and O–H groups in total. The van der Waals surface area contributed by atoms with Gasteiger partial charge in [0.2, 0.25) is 0 Å². The third-order valence-electron chi connectivity index (χ3n) is 4.66. The Balaban J connectivity index is 1.44. The van der Waals surface area contributed by atoms with Crippen LogP contribution in [-0.2, 0) is 9.84 Å². The molecule has 4 heterocycles. The lowest BCUT2D eigenvalue weighted by atomic mass is 10.2. The number of fused-ring (bicyclic) bond motifs is 1. The van der Waals surface area contributed by atoms with Gasteiger partial charge in [-0.05, 0) is 25.5 Å². The number of rotatable bonds is 2. The molecule has 0 spiro atoms. The predicted molar refractivity (Wildman–Crippen MR) is 86.4 cm³/mol. The van der Waals surface area contributed by atoms with Crippen LogP contribution in [0.5, 0.6) is 0 Å². The summed E-state index contributed by atoms with van der Waals surface area (Å²) >= 11 is 0. The van der Waals surface area contributed by atoms with E-state index < -0.39 is 9.84 Å². The Morgan fingerprint density at radius 1 is 1.13 bits per heavy atom. The molecule has 124 valence electrons. The predicted octanol–water partition coefficient (Wildman–Crippen LogP) is -0.258. The number of hydrogen-bond acceptors (Lipinski definition) is 7. The van der Waals surface area contributed by atoms with Crippen LogP contribution in [0.1, 0.15) is 12.2 Å². The molecule has 0 saturated carbocycles. The van der Waals surface area contributed by atoms with Crippen molar-refractivity contribution in [3.05, 3.63) is 18.0 Å². The molecule has 1 atom stereocenters. The first-order chi connectivity index (χ1) is 11.0. The maximum Gasteiger partial charge on any atom is 0.176 e. The molecule has 2 aromatic rings. The van der Waals surface area contributed by atoms with Crippen molar-refractivity contribution in [3.8, 4) is 0 Å². The van der Waals surface area contributed by atoms with Crippen LogP contribution in [0.15, 0.2) is 12.1 Å². The van der Waals surface area contributed by atoms with Crippen LogP contribution >= 0.6 is 0 Å². The lowest BCUT2D eigenvalue weighted by Crippen LogP contribution is -2.51. The van der Waals surface area contributed by atoms with E-state index in [0.717, 1.165) is 44.1 Å². The van der Waals surface area contributed by atoms with Gasteiger partial charge in [0.15, 0.2) is 21.3 Å². The average molecular weight is 336 g/mol. The number of anilines is 1. The molecule has 2 aromatic heterocycles. The van der Waals surface area contributed by atoms with E-state index in [-0.39, 0.29) is 6.04 Å². The Bertz CT molecular complexity index is 825. The van der Waals surface area contributed by atoms with Crippen molar-refractivity contribution in [3.63, 3.8) is 0 Å². The minimum Gasteiger partial charge on any atom is -0.353 e. The minimum absolute atomic E-state index is 0.190. The van der Waals surface area contributed by atoms with Gasteiger partial charge in [0.05, 0.1) is 11.5 Å². The highest BCUT2D eigenvalue weighted by Gasteiger charge is 2.33. The largest absolute Gasteiger partial charge is 0.353 e. The molecule has 2 aliphatic heterocycles. The zero-order valence-electron chi connectivity index (χ0n) is 13.1. The third kappa shape index (κ3) is 2.90. The molecule has 4 rings (SSSR count). The van der Waals surface area contributed by atoms with Crippen molar-refractivity contribution in [1.82, 2.24) is 24.7 Å². The van der Waals surface area contributed by atoms with E-state index in [1.165, 1.54) is 0 Å². The second-order valence-electron chi connectivity index (χ2n) is 6.28. The zero-order chi connectivity index (χ0) is 16.0. The van der Waals surface area contributed by atoms with Gasteiger partial charge in [-0.15, -0.1) is 14.8 Å². The molecule has 2 saturated heterocycles. The van der Waals surface area contributed by atoms with Crippen molar-refractivity contribution >= 4 is 21.3 Å². The van der Waals surface area contributed by atoms with Crippen LogP contribution in [0.3, 0.4) is 0 Å². The summed E-state index contributed by atoms with van der Waals surface area (Å²) in [5, 5.41) is 8.77. The highest BCUT2D eigenvalue weighted by molar-refractivity contribution is 7.91. The second-order valence-corrected chi connectivity index (χ2v) is 8.51. The molecule has 0 aromatic carbocycles. The molecule has 0 bridgehead atoms. The Labute approximate surface area is 135 Å². The fraction of sp³-hybridized carbons (Fsp3) is 0.643. The van der Waals surface area contributed by atoms with Crippen LogP contribution in [0.25, 0.3) is 5.65 Å². The lowest BCUT2D eigenvalue weighted by Gasteiger charge is -2.38. The molecule has 2 fully saturated rings. The molecule has 23 heavy (non-hydrogen) atoms. The van der Waals surface area contributed by atoms with Gasteiger partial charge in [-0.1, -0.05) is 0 Å². The summed E-state index contributed by atoms with van der Waals surface area (Å²) in [7, 11) is -2.82. The van der Waals surface area contributed by atoms with Crippen LogP contribution < -0.4 is 4.90 Å². The summed E-state index contributed by atoms with van der Waals surface area (Å²) in [6.07, 6.45) is 0.769. The van der Waals surface area contributed by atoms with Crippen molar-refractivity contribution in [2.45, 2.75) is 19.4 Å². The maximum absolute atomic E-state index is 11.6. The van der Waals surface area contributed by atoms with E-state index in [0.29, 0.717) is 17.3 Å². The Morgan fingerprint density at radius 2 is 1.91 bits per heavy atom. The molecule has 0 unspecified atom stereocenters. The average Bonchev–Trinajstić information content (AvgIpc) is 3.08. The van der Waals surface area contributed by atoms with Crippen LogP contribution in [-0.4, -0.2) is 76.9 Å². The van der Waals surface area contributed by atoms with E-state index in [4.69, 9.17) is 0 Å². The SMILES string of the molecule is Cc1nc2ccc(N3CCN([C@H]4CCS(=O)(=O)C4)CC3)nn2n1. The summed E-state index contributed by atoms with van der Waals surface area (Å²) in [5.74, 6) is 2.25. The first-order valence-corrected chi connectivity index (χ1v) is 9.72. The minimum atomic E-state index is -2.82. The summed E-state index contributed by atoms with van der Waals surface area (Å²) < 4.78 is 24.8. The number of sulfone groups is 1. The normalized spacial score (nSPS) is 25.3. The number of nitrogens with zero attached hydrogens (tertiary/aromatic N) is 6. The molecule has 9 heteroatoms. The first kappa shape index (κ1) is 14.8. The van der Waals surface area contributed by atoms with Crippen molar-refractivity contribution in [2.24, 2.45) is 0 Å². The van der Waals surface area contributed by atoms with Gasteiger partial charge >= 0.3 is 0 Å². The van der Waals surface area contributed by atoms with Gasteiger partial charge in [0, 0.05) is 32.2 Å². The molecule has 8 nitrogen and oxygen atoms in total. The second kappa shape index (κ2) is 5.41. The molecular formula is C14H20N6O2S. The Kier molecular flexibility index (Phi) is 3.49. The first-order valence-electron chi connectivity index (χ1n) is 7.90. The summed E-state index contributed by atoms with van der Waals surface area (Å²) in [6, 6.07) is 4.09. The van der Waals surface area contributed by atoms with Gasteiger partial charge in [0.1, 0.15) is 5.82 Å². The summed E-state index contributed by atoms with van der Waals surface area (Å²) in [4.78, 5) is 8.81. The standard InChI is InChI=1S/C14H20N6O2S/c1-11-15-13-2-3-14(17-20(13)16-11)19-7-5-18(6-8-19)12-4-9-23(21,22)10-12/h2-3,12H,4-10H2,1H3/t12-/m0/s1. The Hall–Kier alpha value is -1.74. The van der Waals surface area contributed by atoms with Gasteiger partial charge < -0.3 is 4.90 Å². The van der Waals surface area contributed by atoms with Gasteiger partial charge in [0.25, 0.3) is 0 Å². The molecular weight excluding hydrogens is 316 g/mol. The van der Waals surface area contributed by atoms with E-state index in [9.17, 15) is 8.42 Å². The summed E-state index contributed by atoms with van der Waals surface area (Å²) in [5.41, 5.74) is 0.751. The highest BCUT2D eigenvalue weighted by atomic mass is 32.2. The zero-order valence-corrected chi connectivity index (χ0v) is 13.9. The van der Waals surface area contributed by atoms with Gasteiger partial charge in [-0.2, -0.15) is 0 Å². The van der Waals surface area contributed by atoms with Crippen molar-refractivity contribution < 1.29 is 8.42 Å². The van der Waals surface area contributed by atoms with E-state index in [1.54, 1.807) is 4.63 Å². The van der Waals surface area contributed by atoms with Crippen LogP contribution in [0.2, 0.25) is 0 Å². The topological polar surface area (TPSA) is 83.7 Å². The number of aryl methyl sites for hydroxylation is 1.